The van der Waals surface area contributed by atoms with Crippen molar-refractivity contribution >= 4 is 0 Å². The lowest BCUT2D eigenvalue weighted by atomic mass is 9.93. The monoisotopic (exact) mass is 204 g/mol. The number of methoxy groups -OCH3 is 1. The Hall–Kier alpha value is -1.02. The van der Waals surface area contributed by atoms with E-state index in [0.29, 0.717) is 5.92 Å². The third-order valence-electron chi connectivity index (χ3n) is 3.71. The van der Waals surface area contributed by atoms with Gasteiger partial charge in [-0.05, 0) is 36.5 Å². The van der Waals surface area contributed by atoms with Crippen molar-refractivity contribution in [1.82, 2.24) is 0 Å². The van der Waals surface area contributed by atoms with Crippen molar-refractivity contribution in [2.75, 3.05) is 7.11 Å². The molecular formula is C13H16O2. The summed E-state index contributed by atoms with van der Waals surface area (Å²) in [6.07, 6.45) is 3.21. The van der Waals surface area contributed by atoms with Gasteiger partial charge in [-0.1, -0.05) is 12.1 Å². The molecule has 1 aromatic rings. The van der Waals surface area contributed by atoms with Crippen LogP contribution in [0.1, 0.15) is 36.3 Å². The van der Waals surface area contributed by atoms with Gasteiger partial charge in [0, 0.05) is 20.0 Å². The molecule has 1 saturated carbocycles. The van der Waals surface area contributed by atoms with Crippen LogP contribution in [0.2, 0.25) is 0 Å². The fourth-order valence-corrected chi connectivity index (χ4v) is 2.83. The van der Waals surface area contributed by atoms with E-state index in [0.717, 1.165) is 18.6 Å². The number of benzene rings is 1. The minimum atomic E-state index is -0.328. The van der Waals surface area contributed by atoms with E-state index < -0.39 is 0 Å². The third-order valence-corrected chi connectivity index (χ3v) is 3.71. The molecule has 2 aliphatic rings. The van der Waals surface area contributed by atoms with Gasteiger partial charge in [-0.25, -0.2) is 0 Å². The van der Waals surface area contributed by atoms with E-state index in [2.05, 4.69) is 25.1 Å². The number of aryl methyl sites for hydroxylation is 1. The van der Waals surface area contributed by atoms with Crippen molar-refractivity contribution in [3.8, 4) is 5.75 Å². The zero-order valence-electron chi connectivity index (χ0n) is 9.25. The Balaban J connectivity index is 2.08. The summed E-state index contributed by atoms with van der Waals surface area (Å²) in [4.78, 5) is 0. The van der Waals surface area contributed by atoms with Crippen LogP contribution in [0.25, 0.3) is 0 Å². The lowest BCUT2D eigenvalue weighted by Gasteiger charge is -2.34. The predicted molar refractivity (Wildman–Crippen MR) is 58.1 cm³/mol. The minimum absolute atomic E-state index is 0.328. The molecule has 0 aromatic heterocycles. The number of rotatable bonds is 1. The highest BCUT2D eigenvalue weighted by Gasteiger charge is 2.46. The molecule has 1 fully saturated rings. The van der Waals surface area contributed by atoms with Gasteiger partial charge in [0.25, 0.3) is 0 Å². The van der Waals surface area contributed by atoms with Crippen LogP contribution in [0.15, 0.2) is 18.2 Å². The molecule has 3 rings (SSSR count). The van der Waals surface area contributed by atoms with E-state index in [1.807, 2.05) is 0 Å². The van der Waals surface area contributed by atoms with E-state index in [4.69, 9.17) is 9.47 Å². The molecule has 0 spiro atoms. The fourth-order valence-electron chi connectivity index (χ4n) is 2.83. The Labute approximate surface area is 90.2 Å². The molecule has 1 heterocycles. The van der Waals surface area contributed by atoms with Crippen LogP contribution in [0.3, 0.4) is 0 Å². The van der Waals surface area contributed by atoms with Crippen molar-refractivity contribution in [1.29, 1.82) is 0 Å². The number of fused-ring (bicyclic) bond motifs is 4. The van der Waals surface area contributed by atoms with E-state index >= 15 is 0 Å². The molecule has 80 valence electrons. The zero-order chi connectivity index (χ0) is 10.5. The minimum Gasteiger partial charge on any atom is -0.462 e. The average Bonchev–Trinajstić information content (AvgIpc) is 2.58. The summed E-state index contributed by atoms with van der Waals surface area (Å²) in [6.45, 7) is 2.10. The van der Waals surface area contributed by atoms with Gasteiger partial charge in [0.2, 0.25) is 5.79 Å². The summed E-state index contributed by atoms with van der Waals surface area (Å²) in [5.74, 6) is 1.34. The van der Waals surface area contributed by atoms with Crippen molar-refractivity contribution in [3.05, 3.63) is 29.3 Å². The number of ether oxygens (including phenoxy) is 2. The van der Waals surface area contributed by atoms with Gasteiger partial charge < -0.3 is 9.47 Å². The molecule has 0 radical (unpaired) electrons. The van der Waals surface area contributed by atoms with Crippen LogP contribution >= 0.6 is 0 Å². The summed E-state index contributed by atoms with van der Waals surface area (Å²) in [7, 11) is 1.75. The smallest absolute Gasteiger partial charge is 0.210 e. The first-order chi connectivity index (χ1) is 7.22. The third kappa shape index (κ3) is 1.28. The Kier molecular flexibility index (Phi) is 1.84. The van der Waals surface area contributed by atoms with Gasteiger partial charge in [-0.2, -0.15) is 0 Å². The molecular weight excluding hydrogens is 188 g/mol. The van der Waals surface area contributed by atoms with E-state index in [9.17, 15) is 0 Å². The molecule has 15 heavy (non-hydrogen) atoms. The summed E-state index contributed by atoms with van der Waals surface area (Å²) >= 11 is 0. The van der Waals surface area contributed by atoms with Gasteiger partial charge in [0.1, 0.15) is 5.75 Å². The molecule has 0 N–H and O–H groups in total. The van der Waals surface area contributed by atoms with Gasteiger partial charge in [-0.3, -0.25) is 0 Å². The van der Waals surface area contributed by atoms with Crippen LogP contribution in [0.5, 0.6) is 5.75 Å². The second kappa shape index (κ2) is 2.99. The molecule has 1 aliphatic carbocycles. The molecule has 2 unspecified atom stereocenters. The summed E-state index contributed by atoms with van der Waals surface area (Å²) in [6, 6.07) is 6.50. The molecule has 0 saturated heterocycles. The lowest BCUT2D eigenvalue weighted by molar-refractivity contribution is -0.163. The first kappa shape index (κ1) is 9.22. The topological polar surface area (TPSA) is 18.5 Å². The van der Waals surface area contributed by atoms with Gasteiger partial charge >= 0.3 is 0 Å². The maximum atomic E-state index is 6.02. The second-order valence-electron chi connectivity index (χ2n) is 4.70. The molecule has 2 nitrogen and oxygen atoms in total. The quantitative estimate of drug-likeness (QED) is 0.700. The molecule has 1 aliphatic heterocycles. The van der Waals surface area contributed by atoms with Gasteiger partial charge in [0.05, 0.1) is 0 Å². The Morgan fingerprint density at radius 2 is 2.33 bits per heavy atom. The second-order valence-corrected chi connectivity index (χ2v) is 4.70. The first-order valence-electron chi connectivity index (χ1n) is 5.57. The fraction of sp³-hybridized carbons (Fsp3) is 0.538. The zero-order valence-corrected chi connectivity index (χ0v) is 9.25. The van der Waals surface area contributed by atoms with Crippen LogP contribution in [0, 0.1) is 6.92 Å². The summed E-state index contributed by atoms with van der Waals surface area (Å²) in [5.41, 5.74) is 2.62. The normalized spacial score (nSPS) is 32.3. The summed E-state index contributed by atoms with van der Waals surface area (Å²) < 4.78 is 11.6. The van der Waals surface area contributed by atoms with Gasteiger partial charge in [-0.15, -0.1) is 0 Å². The summed E-state index contributed by atoms with van der Waals surface area (Å²) in [5, 5.41) is 0. The van der Waals surface area contributed by atoms with Crippen molar-refractivity contribution in [2.24, 2.45) is 0 Å². The highest BCUT2D eigenvalue weighted by atomic mass is 16.7. The number of hydrogen-bond acceptors (Lipinski definition) is 2. The maximum absolute atomic E-state index is 6.02. The van der Waals surface area contributed by atoms with Crippen molar-refractivity contribution < 1.29 is 9.47 Å². The average molecular weight is 204 g/mol. The van der Waals surface area contributed by atoms with E-state index in [-0.39, 0.29) is 5.79 Å². The van der Waals surface area contributed by atoms with Crippen molar-refractivity contribution in [3.63, 3.8) is 0 Å². The molecule has 2 heteroatoms. The first-order valence-corrected chi connectivity index (χ1v) is 5.57. The highest BCUT2D eigenvalue weighted by Crippen LogP contribution is 2.51. The Morgan fingerprint density at radius 1 is 1.47 bits per heavy atom. The SMILES string of the molecule is COC12CCC(C1)c1ccc(C)cc1O2. The largest absolute Gasteiger partial charge is 0.462 e. The van der Waals surface area contributed by atoms with Crippen LogP contribution in [0.4, 0.5) is 0 Å². The maximum Gasteiger partial charge on any atom is 0.210 e. The van der Waals surface area contributed by atoms with Crippen LogP contribution in [-0.4, -0.2) is 12.9 Å². The predicted octanol–water partition coefficient (Wildman–Crippen LogP) is 3.00. The Morgan fingerprint density at radius 3 is 3.13 bits per heavy atom. The van der Waals surface area contributed by atoms with Gasteiger partial charge in [0.15, 0.2) is 0 Å². The van der Waals surface area contributed by atoms with E-state index in [1.165, 1.54) is 17.5 Å². The molecule has 2 bridgehead atoms. The standard InChI is InChI=1S/C13H16O2/c1-9-3-4-11-10-5-6-13(8-10,14-2)15-12(11)7-9/h3-4,7,10H,5-6,8H2,1-2H3. The molecule has 1 aromatic carbocycles. The molecule has 0 amide bonds. The van der Waals surface area contributed by atoms with Crippen LogP contribution in [-0.2, 0) is 4.74 Å². The molecule has 2 atom stereocenters. The van der Waals surface area contributed by atoms with Crippen molar-refractivity contribution in [2.45, 2.75) is 37.9 Å². The van der Waals surface area contributed by atoms with Crippen LogP contribution < -0.4 is 4.74 Å². The van der Waals surface area contributed by atoms with E-state index in [1.54, 1.807) is 7.11 Å². The lowest BCUT2D eigenvalue weighted by Crippen LogP contribution is -2.37. The Bertz CT molecular complexity index is 400. The highest BCUT2D eigenvalue weighted by molar-refractivity contribution is 5.42. The number of hydrogen-bond donors (Lipinski definition) is 0.